The zero-order valence-electron chi connectivity index (χ0n) is 12.3. The van der Waals surface area contributed by atoms with Crippen LogP contribution >= 0.6 is 15.9 Å². The molecule has 6 heteroatoms. The first-order chi connectivity index (χ1) is 10.4. The molecule has 0 aliphatic heterocycles. The second-order valence-corrected chi connectivity index (χ2v) is 6.14. The van der Waals surface area contributed by atoms with Gasteiger partial charge in [-0.05, 0) is 47.5 Å². The van der Waals surface area contributed by atoms with E-state index in [0.29, 0.717) is 16.9 Å². The van der Waals surface area contributed by atoms with Crippen molar-refractivity contribution >= 4 is 33.5 Å². The van der Waals surface area contributed by atoms with Crippen molar-refractivity contribution in [1.82, 2.24) is 4.57 Å². The number of anilines is 1. The van der Waals surface area contributed by atoms with Crippen LogP contribution in [0.2, 0.25) is 0 Å². The van der Waals surface area contributed by atoms with Gasteiger partial charge in [-0.2, -0.15) is 0 Å². The summed E-state index contributed by atoms with van der Waals surface area (Å²) in [5, 5.41) is 11.7. The minimum absolute atomic E-state index is 0.134. The van der Waals surface area contributed by atoms with Crippen LogP contribution in [0.25, 0.3) is 0 Å². The van der Waals surface area contributed by atoms with Crippen molar-refractivity contribution in [3.05, 3.63) is 52.3 Å². The summed E-state index contributed by atoms with van der Waals surface area (Å²) in [6.45, 7) is 3.98. The van der Waals surface area contributed by atoms with E-state index in [9.17, 15) is 9.59 Å². The molecule has 5 nitrogen and oxygen atoms in total. The number of carbonyl (C=O) groups excluding carboxylic acids is 1. The fraction of sp³-hybridized carbons (Fsp3) is 0.250. The molecule has 116 valence electrons. The second kappa shape index (κ2) is 6.79. The number of hydrogen-bond acceptors (Lipinski definition) is 2. The summed E-state index contributed by atoms with van der Waals surface area (Å²) in [6, 6.07) is 8.80. The number of para-hydroxylation sites is 1. The molecule has 1 amide bonds. The summed E-state index contributed by atoms with van der Waals surface area (Å²) in [7, 11) is 0. The molecule has 0 unspecified atom stereocenters. The molecular formula is C16H17BrN2O3. The lowest BCUT2D eigenvalue weighted by Crippen LogP contribution is -2.19. The molecular weight excluding hydrogens is 348 g/mol. The van der Waals surface area contributed by atoms with Gasteiger partial charge < -0.3 is 15.0 Å². The number of aliphatic carboxylic acids is 1. The second-order valence-electron chi connectivity index (χ2n) is 5.23. The number of carboxylic acids is 1. The Morgan fingerprint density at radius 3 is 2.64 bits per heavy atom. The Kier molecular flexibility index (Phi) is 5.03. The Bertz CT molecular complexity index is 707. The van der Waals surface area contributed by atoms with Crippen LogP contribution in [0.5, 0.6) is 0 Å². The SMILES string of the molecule is CC(C)n1cc(Br)cc1C(=O)Nc1ccccc1CC(=O)O. The highest BCUT2D eigenvalue weighted by molar-refractivity contribution is 9.10. The van der Waals surface area contributed by atoms with Gasteiger partial charge in [-0.3, -0.25) is 9.59 Å². The molecule has 0 saturated carbocycles. The predicted octanol–water partition coefficient (Wildman–Crippen LogP) is 3.71. The Morgan fingerprint density at radius 2 is 2.00 bits per heavy atom. The van der Waals surface area contributed by atoms with Gasteiger partial charge in [0.25, 0.3) is 5.91 Å². The molecule has 2 aromatic rings. The van der Waals surface area contributed by atoms with Gasteiger partial charge >= 0.3 is 5.97 Å². The smallest absolute Gasteiger partial charge is 0.307 e. The predicted molar refractivity (Wildman–Crippen MR) is 88.3 cm³/mol. The number of rotatable bonds is 5. The van der Waals surface area contributed by atoms with Gasteiger partial charge in [0.2, 0.25) is 0 Å². The zero-order chi connectivity index (χ0) is 16.3. The van der Waals surface area contributed by atoms with Crippen LogP contribution in [0, 0.1) is 0 Å². The van der Waals surface area contributed by atoms with Crippen molar-refractivity contribution in [2.75, 3.05) is 5.32 Å². The van der Waals surface area contributed by atoms with E-state index in [0.717, 1.165) is 4.47 Å². The third-order valence-corrected chi connectivity index (χ3v) is 3.65. The monoisotopic (exact) mass is 364 g/mol. The molecule has 1 aromatic carbocycles. The maximum absolute atomic E-state index is 12.5. The number of nitrogens with one attached hydrogen (secondary N) is 1. The van der Waals surface area contributed by atoms with E-state index in [1.165, 1.54) is 0 Å². The molecule has 0 saturated heterocycles. The molecule has 2 rings (SSSR count). The summed E-state index contributed by atoms with van der Waals surface area (Å²) in [6.07, 6.45) is 1.72. The lowest BCUT2D eigenvalue weighted by Gasteiger charge is -2.14. The lowest BCUT2D eigenvalue weighted by atomic mass is 10.1. The Labute approximate surface area is 137 Å². The van der Waals surface area contributed by atoms with Gasteiger partial charge in [-0.25, -0.2) is 0 Å². The molecule has 1 aromatic heterocycles. The largest absolute Gasteiger partial charge is 0.481 e. The highest BCUT2D eigenvalue weighted by Gasteiger charge is 2.16. The van der Waals surface area contributed by atoms with Crippen molar-refractivity contribution in [3.63, 3.8) is 0 Å². The Hall–Kier alpha value is -2.08. The average Bonchev–Trinajstić information content (AvgIpc) is 2.83. The molecule has 0 bridgehead atoms. The number of aromatic nitrogens is 1. The van der Waals surface area contributed by atoms with Crippen molar-refractivity contribution in [2.45, 2.75) is 26.3 Å². The van der Waals surface area contributed by atoms with Crippen LogP contribution in [0.4, 0.5) is 5.69 Å². The Balaban J connectivity index is 2.28. The molecule has 22 heavy (non-hydrogen) atoms. The number of hydrogen-bond donors (Lipinski definition) is 2. The van der Waals surface area contributed by atoms with Crippen LogP contribution in [-0.4, -0.2) is 21.6 Å². The van der Waals surface area contributed by atoms with Crippen LogP contribution in [0.15, 0.2) is 41.0 Å². The molecule has 0 radical (unpaired) electrons. The van der Waals surface area contributed by atoms with E-state index >= 15 is 0 Å². The number of amides is 1. The zero-order valence-corrected chi connectivity index (χ0v) is 13.9. The van der Waals surface area contributed by atoms with Crippen molar-refractivity contribution in [3.8, 4) is 0 Å². The number of halogens is 1. The summed E-state index contributed by atoms with van der Waals surface area (Å²) in [4.78, 5) is 23.4. The molecule has 0 fully saturated rings. The van der Waals surface area contributed by atoms with E-state index in [-0.39, 0.29) is 18.4 Å². The normalized spacial score (nSPS) is 10.7. The van der Waals surface area contributed by atoms with E-state index < -0.39 is 5.97 Å². The van der Waals surface area contributed by atoms with E-state index in [2.05, 4.69) is 21.2 Å². The quantitative estimate of drug-likeness (QED) is 0.849. The maximum atomic E-state index is 12.5. The van der Waals surface area contributed by atoms with Crippen molar-refractivity contribution in [1.29, 1.82) is 0 Å². The van der Waals surface area contributed by atoms with Gasteiger partial charge in [0.05, 0.1) is 6.42 Å². The summed E-state index contributed by atoms with van der Waals surface area (Å²) < 4.78 is 2.68. The molecule has 2 N–H and O–H groups in total. The first-order valence-corrected chi connectivity index (χ1v) is 7.66. The first-order valence-electron chi connectivity index (χ1n) is 6.87. The van der Waals surface area contributed by atoms with E-state index in [4.69, 9.17) is 5.11 Å². The van der Waals surface area contributed by atoms with Gasteiger partial charge in [0.15, 0.2) is 0 Å². The fourth-order valence-corrected chi connectivity index (χ4v) is 2.64. The van der Waals surface area contributed by atoms with Crippen LogP contribution in [-0.2, 0) is 11.2 Å². The molecule has 0 aliphatic carbocycles. The van der Waals surface area contributed by atoms with Crippen LogP contribution in [0.1, 0.15) is 35.9 Å². The van der Waals surface area contributed by atoms with Crippen molar-refractivity contribution in [2.24, 2.45) is 0 Å². The van der Waals surface area contributed by atoms with Gasteiger partial charge in [-0.15, -0.1) is 0 Å². The van der Waals surface area contributed by atoms with Crippen LogP contribution < -0.4 is 5.32 Å². The first kappa shape index (κ1) is 16.3. The summed E-state index contributed by atoms with van der Waals surface area (Å²) in [5.41, 5.74) is 1.61. The molecule has 0 spiro atoms. The van der Waals surface area contributed by atoms with E-state index in [1.54, 1.807) is 30.3 Å². The minimum Gasteiger partial charge on any atom is -0.481 e. The number of nitrogens with zero attached hydrogens (tertiary/aromatic N) is 1. The van der Waals surface area contributed by atoms with Gasteiger partial charge in [-0.1, -0.05) is 18.2 Å². The Morgan fingerprint density at radius 1 is 1.32 bits per heavy atom. The number of carboxylic acid groups (broad SMARTS) is 1. The fourth-order valence-electron chi connectivity index (χ4n) is 2.20. The molecule has 1 heterocycles. The lowest BCUT2D eigenvalue weighted by molar-refractivity contribution is -0.136. The average molecular weight is 365 g/mol. The maximum Gasteiger partial charge on any atom is 0.307 e. The van der Waals surface area contributed by atoms with Gasteiger partial charge in [0.1, 0.15) is 5.69 Å². The summed E-state index contributed by atoms with van der Waals surface area (Å²) in [5.74, 6) is -1.20. The van der Waals surface area contributed by atoms with E-state index in [1.807, 2.05) is 24.6 Å². The van der Waals surface area contributed by atoms with Crippen molar-refractivity contribution < 1.29 is 14.7 Å². The molecule has 0 aliphatic rings. The van der Waals surface area contributed by atoms with Gasteiger partial charge in [0, 0.05) is 22.4 Å². The standard InChI is InChI=1S/C16H17BrN2O3/c1-10(2)19-9-12(17)8-14(19)16(22)18-13-6-4-3-5-11(13)7-15(20)21/h3-6,8-10H,7H2,1-2H3,(H,18,22)(H,20,21). The third-order valence-electron chi connectivity index (χ3n) is 3.21. The number of carbonyl (C=O) groups is 2. The molecule has 0 atom stereocenters. The number of benzene rings is 1. The minimum atomic E-state index is -0.935. The topological polar surface area (TPSA) is 71.3 Å². The highest BCUT2D eigenvalue weighted by atomic mass is 79.9. The third kappa shape index (κ3) is 3.76. The highest BCUT2D eigenvalue weighted by Crippen LogP contribution is 2.22. The van der Waals surface area contributed by atoms with Crippen LogP contribution in [0.3, 0.4) is 0 Å². The summed E-state index contributed by atoms with van der Waals surface area (Å²) >= 11 is 3.37.